The zero-order valence-electron chi connectivity index (χ0n) is 9.46. The summed E-state index contributed by atoms with van der Waals surface area (Å²) in [6.07, 6.45) is 10.2. The number of hydrogen-bond acceptors (Lipinski definition) is 1. The Bertz CT molecular complexity index is 358. The SMILES string of the molecule is CCCCc1c[nH]c(=O)n1C1CCCC1. The summed E-state index contributed by atoms with van der Waals surface area (Å²) in [6.45, 7) is 2.19. The molecule has 1 aliphatic rings. The number of nitrogens with one attached hydrogen (secondary N) is 1. The zero-order chi connectivity index (χ0) is 10.7. The minimum absolute atomic E-state index is 0.0907. The van der Waals surface area contributed by atoms with Crippen molar-refractivity contribution in [3.8, 4) is 0 Å². The molecule has 84 valence electrons. The Labute approximate surface area is 90.5 Å². The van der Waals surface area contributed by atoms with Crippen LogP contribution >= 0.6 is 0 Å². The van der Waals surface area contributed by atoms with Gasteiger partial charge in [-0.15, -0.1) is 0 Å². The van der Waals surface area contributed by atoms with Crippen molar-refractivity contribution in [1.82, 2.24) is 9.55 Å². The summed E-state index contributed by atoms with van der Waals surface area (Å²) in [5.74, 6) is 0. The highest BCUT2D eigenvalue weighted by Gasteiger charge is 2.20. The first-order valence-electron chi connectivity index (χ1n) is 6.11. The highest BCUT2D eigenvalue weighted by molar-refractivity contribution is 5.01. The van der Waals surface area contributed by atoms with E-state index >= 15 is 0 Å². The first-order chi connectivity index (χ1) is 7.33. The number of rotatable bonds is 4. The molecule has 0 atom stereocenters. The third-order valence-electron chi connectivity index (χ3n) is 3.37. The van der Waals surface area contributed by atoms with Gasteiger partial charge < -0.3 is 4.98 Å². The van der Waals surface area contributed by atoms with E-state index in [4.69, 9.17) is 0 Å². The summed E-state index contributed by atoms with van der Waals surface area (Å²) in [7, 11) is 0. The third kappa shape index (κ3) is 2.16. The maximum atomic E-state index is 11.7. The average molecular weight is 208 g/mol. The maximum Gasteiger partial charge on any atom is 0.325 e. The summed E-state index contributed by atoms with van der Waals surface area (Å²) in [5.41, 5.74) is 1.29. The molecule has 1 aromatic rings. The molecule has 0 radical (unpaired) electrons. The van der Waals surface area contributed by atoms with Crippen LogP contribution in [-0.2, 0) is 6.42 Å². The number of aromatic nitrogens is 2. The molecular formula is C12H20N2O. The highest BCUT2D eigenvalue weighted by Crippen LogP contribution is 2.29. The molecule has 0 aromatic carbocycles. The molecule has 1 aliphatic carbocycles. The quantitative estimate of drug-likeness (QED) is 0.811. The molecule has 15 heavy (non-hydrogen) atoms. The van der Waals surface area contributed by atoms with Crippen molar-refractivity contribution in [3.05, 3.63) is 22.4 Å². The molecule has 1 heterocycles. The Hall–Kier alpha value is -0.990. The molecule has 3 nitrogen and oxygen atoms in total. The monoisotopic (exact) mass is 208 g/mol. The molecule has 1 N–H and O–H groups in total. The lowest BCUT2D eigenvalue weighted by atomic mass is 10.2. The Balaban J connectivity index is 2.19. The molecule has 0 unspecified atom stereocenters. The largest absolute Gasteiger partial charge is 0.325 e. The van der Waals surface area contributed by atoms with Gasteiger partial charge in [0.15, 0.2) is 0 Å². The van der Waals surface area contributed by atoms with Gasteiger partial charge in [-0.3, -0.25) is 4.57 Å². The Morgan fingerprint density at radius 3 is 2.87 bits per heavy atom. The van der Waals surface area contributed by atoms with Gasteiger partial charge in [-0.05, 0) is 25.7 Å². The molecule has 0 aliphatic heterocycles. The first kappa shape index (κ1) is 10.5. The van der Waals surface area contributed by atoms with Crippen LogP contribution in [0.4, 0.5) is 0 Å². The lowest BCUT2D eigenvalue weighted by Gasteiger charge is -2.13. The molecule has 3 heteroatoms. The van der Waals surface area contributed by atoms with Crippen molar-refractivity contribution in [1.29, 1.82) is 0 Å². The summed E-state index contributed by atoms with van der Waals surface area (Å²) < 4.78 is 2.00. The van der Waals surface area contributed by atoms with Gasteiger partial charge in [0.2, 0.25) is 0 Å². The molecule has 2 rings (SSSR count). The van der Waals surface area contributed by atoms with E-state index in [1.54, 1.807) is 0 Å². The van der Waals surface area contributed by atoms with Crippen LogP contribution in [0.15, 0.2) is 11.0 Å². The van der Waals surface area contributed by atoms with Crippen LogP contribution in [-0.4, -0.2) is 9.55 Å². The summed E-state index contributed by atoms with van der Waals surface area (Å²) in [4.78, 5) is 14.5. The van der Waals surface area contributed by atoms with Gasteiger partial charge in [-0.1, -0.05) is 26.2 Å². The van der Waals surface area contributed by atoms with Gasteiger partial charge in [0.25, 0.3) is 0 Å². The predicted octanol–water partition coefficient (Wildman–Crippen LogP) is 2.63. The summed E-state index contributed by atoms with van der Waals surface area (Å²) >= 11 is 0. The van der Waals surface area contributed by atoms with Crippen LogP contribution in [0.5, 0.6) is 0 Å². The second-order valence-electron chi connectivity index (χ2n) is 4.50. The second kappa shape index (κ2) is 4.69. The lowest BCUT2D eigenvalue weighted by Crippen LogP contribution is -2.22. The molecule has 0 spiro atoms. The first-order valence-corrected chi connectivity index (χ1v) is 6.11. The van der Waals surface area contributed by atoms with Crippen LogP contribution in [0.25, 0.3) is 0 Å². The average Bonchev–Trinajstić information content (AvgIpc) is 2.84. The van der Waals surface area contributed by atoms with Crippen molar-refractivity contribution in [2.75, 3.05) is 0 Å². The van der Waals surface area contributed by atoms with E-state index in [0.717, 1.165) is 6.42 Å². The van der Waals surface area contributed by atoms with Crippen LogP contribution in [0.3, 0.4) is 0 Å². The Kier molecular flexibility index (Phi) is 3.29. The molecular weight excluding hydrogens is 188 g/mol. The zero-order valence-corrected chi connectivity index (χ0v) is 9.46. The smallest absolute Gasteiger partial charge is 0.312 e. The van der Waals surface area contributed by atoms with Gasteiger partial charge in [0, 0.05) is 17.9 Å². The molecule has 0 amide bonds. The van der Waals surface area contributed by atoms with Crippen molar-refractivity contribution in [2.45, 2.75) is 57.9 Å². The van der Waals surface area contributed by atoms with E-state index < -0.39 is 0 Å². The van der Waals surface area contributed by atoms with Gasteiger partial charge >= 0.3 is 5.69 Å². The highest BCUT2D eigenvalue weighted by atomic mass is 16.1. The topological polar surface area (TPSA) is 37.8 Å². The molecule has 1 aromatic heterocycles. The fraction of sp³-hybridized carbons (Fsp3) is 0.750. The van der Waals surface area contributed by atoms with Crippen LogP contribution in [0.2, 0.25) is 0 Å². The van der Waals surface area contributed by atoms with E-state index in [-0.39, 0.29) is 5.69 Å². The molecule has 0 saturated heterocycles. The van der Waals surface area contributed by atoms with E-state index in [1.165, 1.54) is 44.2 Å². The van der Waals surface area contributed by atoms with E-state index in [0.29, 0.717) is 6.04 Å². The minimum atomic E-state index is 0.0907. The maximum absolute atomic E-state index is 11.7. The minimum Gasteiger partial charge on any atom is -0.312 e. The number of hydrogen-bond donors (Lipinski definition) is 1. The fourth-order valence-electron chi connectivity index (χ4n) is 2.53. The summed E-state index contributed by atoms with van der Waals surface area (Å²) in [5, 5.41) is 0. The van der Waals surface area contributed by atoms with Gasteiger partial charge in [0.05, 0.1) is 0 Å². The van der Waals surface area contributed by atoms with Crippen LogP contribution in [0, 0.1) is 0 Å². The van der Waals surface area contributed by atoms with Crippen molar-refractivity contribution in [3.63, 3.8) is 0 Å². The normalized spacial score (nSPS) is 17.4. The van der Waals surface area contributed by atoms with Gasteiger partial charge in [0.1, 0.15) is 0 Å². The van der Waals surface area contributed by atoms with E-state index in [2.05, 4.69) is 11.9 Å². The molecule has 0 bridgehead atoms. The van der Waals surface area contributed by atoms with Crippen molar-refractivity contribution >= 4 is 0 Å². The van der Waals surface area contributed by atoms with E-state index in [1.807, 2.05) is 10.8 Å². The fourth-order valence-corrected chi connectivity index (χ4v) is 2.53. The Morgan fingerprint density at radius 2 is 2.20 bits per heavy atom. The summed E-state index contributed by atoms with van der Waals surface area (Å²) in [6, 6.07) is 0.468. The van der Waals surface area contributed by atoms with E-state index in [9.17, 15) is 4.79 Å². The molecule has 1 saturated carbocycles. The third-order valence-corrected chi connectivity index (χ3v) is 3.37. The van der Waals surface area contributed by atoms with Crippen molar-refractivity contribution < 1.29 is 0 Å². The van der Waals surface area contributed by atoms with Crippen LogP contribution < -0.4 is 5.69 Å². The number of nitrogens with zero attached hydrogens (tertiary/aromatic N) is 1. The van der Waals surface area contributed by atoms with Gasteiger partial charge in [-0.2, -0.15) is 0 Å². The number of aryl methyl sites for hydroxylation is 1. The lowest BCUT2D eigenvalue weighted by molar-refractivity contribution is 0.483. The number of aromatic amines is 1. The number of imidazole rings is 1. The predicted molar refractivity (Wildman–Crippen MR) is 61.2 cm³/mol. The van der Waals surface area contributed by atoms with Crippen molar-refractivity contribution in [2.24, 2.45) is 0 Å². The second-order valence-corrected chi connectivity index (χ2v) is 4.50. The van der Waals surface area contributed by atoms with Gasteiger partial charge in [-0.25, -0.2) is 4.79 Å². The van der Waals surface area contributed by atoms with Crippen LogP contribution in [0.1, 0.15) is 57.2 Å². The standard InChI is InChI=1S/C12H20N2O/c1-2-3-6-11-9-13-12(15)14(11)10-7-4-5-8-10/h9-10H,2-8H2,1H3,(H,13,15). The Morgan fingerprint density at radius 1 is 1.47 bits per heavy atom. The molecule has 1 fully saturated rings. The number of unbranched alkanes of at least 4 members (excludes halogenated alkanes) is 1. The number of H-pyrrole nitrogens is 1.